The molecule has 4 N–H and O–H groups in total. The van der Waals surface area contributed by atoms with E-state index in [9.17, 15) is 20.1 Å². The van der Waals surface area contributed by atoms with Crippen LogP contribution in [-0.2, 0) is 19.1 Å². The van der Waals surface area contributed by atoms with Crippen molar-refractivity contribution in [1.82, 2.24) is 0 Å². The minimum Gasteiger partial charge on any atom is -0.444 e. The molecule has 0 spiro atoms. The first-order valence-corrected chi connectivity index (χ1v) is 12.6. The minimum atomic E-state index is -0.714. The number of hydrogen-bond donors (Lipinski definition) is 2. The number of rotatable bonds is 2. The summed E-state index contributed by atoms with van der Waals surface area (Å²) < 4.78 is 11.6. The Labute approximate surface area is 221 Å². The first-order valence-electron chi connectivity index (χ1n) is 12.6. The van der Waals surface area contributed by atoms with Gasteiger partial charge in [-0.3, -0.25) is 9.59 Å². The Morgan fingerprint density at radius 2 is 1.16 bits per heavy atom. The van der Waals surface area contributed by atoms with Gasteiger partial charge in [-0.25, -0.2) is 0 Å². The fraction of sp³-hybridized carbons (Fsp3) is 0.400. The lowest BCUT2D eigenvalue weighted by atomic mass is 9.68. The normalized spacial score (nSPS) is 26.2. The Kier molecular flexibility index (Phi) is 5.76. The quantitative estimate of drug-likeness (QED) is 0.586. The number of nitrogens with zero attached hydrogens (tertiary/aromatic N) is 2. The number of allylic oxidation sites excluding steroid dienone is 6. The molecular weight excluding hydrogens is 480 g/mol. The molecule has 194 valence electrons. The molecule has 0 amide bonds. The molecule has 0 aromatic heterocycles. The van der Waals surface area contributed by atoms with Gasteiger partial charge in [0.1, 0.15) is 34.8 Å². The maximum absolute atomic E-state index is 13.4. The number of ketones is 2. The highest BCUT2D eigenvalue weighted by atomic mass is 16.5. The van der Waals surface area contributed by atoms with Crippen LogP contribution in [0, 0.1) is 33.5 Å². The van der Waals surface area contributed by atoms with Gasteiger partial charge in [-0.2, -0.15) is 10.5 Å². The molecule has 1 aromatic carbocycles. The van der Waals surface area contributed by atoms with Crippen LogP contribution in [-0.4, -0.2) is 11.6 Å². The molecule has 2 aliphatic heterocycles. The molecular formula is C30H30N4O4. The van der Waals surface area contributed by atoms with Gasteiger partial charge in [-0.15, -0.1) is 0 Å². The van der Waals surface area contributed by atoms with Gasteiger partial charge in [0.2, 0.25) is 11.8 Å². The summed E-state index contributed by atoms with van der Waals surface area (Å²) in [7, 11) is 0. The van der Waals surface area contributed by atoms with Crippen LogP contribution in [0.15, 0.2) is 69.8 Å². The lowest BCUT2D eigenvalue weighted by Crippen LogP contribution is -2.34. The Morgan fingerprint density at radius 3 is 1.53 bits per heavy atom. The Bertz CT molecular complexity index is 1400. The van der Waals surface area contributed by atoms with Crippen LogP contribution in [0.5, 0.6) is 0 Å². The predicted octanol–water partition coefficient (Wildman–Crippen LogP) is 4.59. The third-order valence-corrected chi connectivity index (χ3v) is 7.73. The lowest BCUT2D eigenvalue weighted by Gasteiger charge is -2.38. The van der Waals surface area contributed by atoms with Crippen LogP contribution in [0.3, 0.4) is 0 Å². The van der Waals surface area contributed by atoms with E-state index in [1.807, 2.05) is 45.9 Å². The monoisotopic (exact) mass is 510 g/mol. The number of nitriles is 2. The Hall–Kier alpha value is -4.30. The Morgan fingerprint density at radius 1 is 0.763 bits per heavy atom. The van der Waals surface area contributed by atoms with Crippen molar-refractivity contribution in [2.45, 2.75) is 65.2 Å². The van der Waals surface area contributed by atoms with Crippen molar-refractivity contribution in [3.05, 3.63) is 81.0 Å². The van der Waals surface area contributed by atoms with E-state index in [1.165, 1.54) is 0 Å². The summed E-state index contributed by atoms with van der Waals surface area (Å²) in [5.41, 5.74) is 14.3. The van der Waals surface area contributed by atoms with Gasteiger partial charge in [0.15, 0.2) is 11.6 Å². The largest absolute Gasteiger partial charge is 0.444 e. The average molecular weight is 511 g/mol. The van der Waals surface area contributed by atoms with Crippen LogP contribution in [0.1, 0.15) is 76.3 Å². The predicted molar refractivity (Wildman–Crippen MR) is 138 cm³/mol. The van der Waals surface area contributed by atoms with Gasteiger partial charge in [0, 0.05) is 36.8 Å². The number of ether oxygens (including phenoxy) is 2. The smallest absolute Gasteiger partial charge is 0.205 e. The molecule has 0 radical (unpaired) electrons. The minimum absolute atomic E-state index is 0.0187. The van der Waals surface area contributed by atoms with Gasteiger partial charge in [0.25, 0.3) is 0 Å². The van der Waals surface area contributed by atoms with Gasteiger partial charge < -0.3 is 20.9 Å². The second kappa shape index (κ2) is 8.63. The molecule has 38 heavy (non-hydrogen) atoms. The summed E-state index contributed by atoms with van der Waals surface area (Å²) in [4.78, 5) is 26.7. The molecule has 8 heteroatoms. The highest BCUT2D eigenvalue weighted by Gasteiger charge is 2.45. The zero-order valence-electron chi connectivity index (χ0n) is 22.0. The summed E-state index contributed by atoms with van der Waals surface area (Å²) in [5.74, 6) is -0.670. The second-order valence-corrected chi connectivity index (χ2v) is 12.1. The van der Waals surface area contributed by atoms with Crippen molar-refractivity contribution in [2.24, 2.45) is 22.3 Å². The highest BCUT2D eigenvalue weighted by molar-refractivity contribution is 6.01. The van der Waals surface area contributed by atoms with E-state index in [2.05, 4.69) is 12.1 Å². The van der Waals surface area contributed by atoms with Crippen molar-refractivity contribution in [2.75, 3.05) is 0 Å². The second-order valence-electron chi connectivity index (χ2n) is 12.1. The van der Waals surface area contributed by atoms with Crippen molar-refractivity contribution in [3.63, 3.8) is 0 Å². The summed E-state index contributed by atoms with van der Waals surface area (Å²) in [5, 5.41) is 20.0. The molecule has 5 rings (SSSR count). The highest BCUT2D eigenvalue weighted by Crippen LogP contribution is 2.50. The maximum atomic E-state index is 13.4. The number of Topliss-reactive ketones (excluding diaryl/α,β-unsaturated/α-hetero) is 2. The summed E-state index contributed by atoms with van der Waals surface area (Å²) in [6, 6.07) is 11.5. The van der Waals surface area contributed by atoms with Gasteiger partial charge in [-0.1, -0.05) is 52.0 Å². The Balaban J connectivity index is 1.67. The first-order chi connectivity index (χ1) is 17.9. The molecule has 1 aromatic rings. The molecule has 4 aliphatic rings. The van der Waals surface area contributed by atoms with Gasteiger partial charge >= 0.3 is 0 Å². The summed E-state index contributed by atoms with van der Waals surface area (Å²) in [6.07, 6.45) is 1.68. The van der Waals surface area contributed by atoms with E-state index in [0.717, 1.165) is 0 Å². The summed E-state index contributed by atoms with van der Waals surface area (Å²) >= 11 is 0. The number of nitrogens with two attached hydrogens (primary N) is 2. The van der Waals surface area contributed by atoms with Crippen LogP contribution < -0.4 is 11.5 Å². The number of hydrogen-bond acceptors (Lipinski definition) is 8. The molecule has 0 saturated carbocycles. The molecule has 0 saturated heterocycles. The van der Waals surface area contributed by atoms with Crippen LogP contribution >= 0.6 is 0 Å². The van der Waals surface area contributed by atoms with E-state index in [1.54, 1.807) is 6.07 Å². The lowest BCUT2D eigenvalue weighted by molar-refractivity contribution is -0.119. The fourth-order valence-electron chi connectivity index (χ4n) is 6.15. The molecule has 0 fully saturated rings. The molecule has 0 unspecified atom stereocenters. The molecule has 0 bridgehead atoms. The van der Waals surface area contributed by atoms with E-state index in [0.29, 0.717) is 59.5 Å². The number of carbonyl (C=O) groups is 2. The van der Waals surface area contributed by atoms with E-state index in [-0.39, 0.29) is 45.3 Å². The zero-order chi connectivity index (χ0) is 27.6. The molecule has 8 nitrogen and oxygen atoms in total. The van der Waals surface area contributed by atoms with Gasteiger partial charge in [0.05, 0.1) is 11.8 Å². The third-order valence-electron chi connectivity index (χ3n) is 7.73. The van der Waals surface area contributed by atoms with Crippen molar-refractivity contribution >= 4 is 11.6 Å². The number of carbonyl (C=O) groups excluding carboxylic acids is 2. The fourth-order valence-corrected chi connectivity index (χ4v) is 6.15. The van der Waals surface area contributed by atoms with E-state index < -0.39 is 11.8 Å². The summed E-state index contributed by atoms with van der Waals surface area (Å²) in [6.45, 7) is 7.97. The van der Waals surface area contributed by atoms with E-state index in [4.69, 9.17) is 20.9 Å². The van der Waals surface area contributed by atoms with Crippen LogP contribution in [0.25, 0.3) is 0 Å². The molecule has 2 heterocycles. The zero-order valence-corrected chi connectivity index (χ0v) is 22.0. The number of benzene rings is 1. The maximum Gasteiger partial charge on any atom is 0.205 e. The van der Waals surface area contributed by atoms with E-state index >= 15 is 0 Å². The van der Waals surface area contributed by atoms with Crippen molar-refractivity contribution < 1.29 is 19.1 Å². The average Bonchev–Trinajstić information content (AvgIpc) is 2.80. The van der Waals surface area contributed by atoms with Crippen LogP contribution in [0.4, 0.5) is 0 Å². The van der Waals surface area contributed by atoms with Crippen molar-refractivity contribution in [1.29, 1.82) is 10.5 Å². The molecule has 2 aliphatic carbocycles. The standard InChI is InChI=1S/C30H30N4O4/c1-29(2)9-19(35)25-21(11-29)37-27(33)17(13-31)23(25)15-6-5-7-16(8-15)24-18(14-32)28(34)38-22-12-30(3,4)10-20(36)26(22)24/h5-8,23-24H,9-12,33-34H2,1-4H3/t23-,24-/m0/s1. The van der Waals surface area contributed by atoms with Crippen molar-refractivity contribution in [3.8, 4) is 12.1 Å². The van der Waals surface area contributed by atoms with Crippen LogP contribution in [0.2, 0.25) is 0 Å². The SMILES string of the molecule is CC1(C)CC(=O)C2=C(C1)OC(N)=C(C#N)[C@@H]2c1cccc([C@H]2C(C#N)=C(N)OC3=C2C(=O)CC(C)(C)C3)c1. The topological polar surface area (TPSA) is 152 Å². The van der Waals surface area contributed by atoms with Gasteiger partial charge in [-0.05, 0) is 22.0 Å². The molecule has 2 atom stereocenters. The third kappa shape index (κ3) is 4.07. The first kappa shape index (κ1) is 25.4.